The monoisotopic (exact) mass is 532 g/mol. The minimum absolute atomic E-state index is 0.154. The molecule has 1 aliphatic rings. The molecule has 4 rings (SSSR count). The van der Waals surface area contributed by atoms with E-state index < -0.39 is 17.8 Å². The second-order valence-electron chi connectivity index (χ2n) is 8.71. The Labute approximate surface area is 212 Å². The van der Waals surface area contributed by atoms with Gasteiger partial charge in [0.15, 0.2) is 0 Å². The van der Waals surface area contributed by atoms with Crippen LogP contribution in [0.4, 0.5) is 10.5 Å². The maximum Gasteiger partial charge on any atom is 0.335 e. The molecule has 3 aromatic carbocycles. The lowest BCUT2D eigenvalue weighted by Crippen LogP contribution is -2.54. The van der Waals surface area contributed by atoms with Crippen molar-refractivity contribution in [3.8, 4) is 5.75 Å². The second-order valence-corrected chi connectivity index (χ2v) is 9.63. The summed E-state index contributed by atoms with van der Waals surface area (Å²) >= 11 is 3.45. The lowest BCUT2D eigenvalue weighted by Gasteiger charge is -2.27. The third-order valence-electron chi connectivity index (χ3n) is 5.64. The van der Waals surface area contributed by atoms with Gasteiger partial charge in [-0.3, -0.25) is 14.9 Å². The molecule has 1 fully saturated rings. The molecular weight excluding hydrogens is 508 g/mol. The molecule has 4 amide bonds. The first-order chi connectivity index (χ1) is 16.6. The van der Waals surface area contributed by atoms with Crippen LogP contribution in [0.25, 0.3) is 6.08 Å². The van der Waals surface area contributed by atoms with Crippen molar-refractivity contribution in [1.29, 1.82) is 0 Å². The lowest BCUT2D eigenvalue weighted by atomic mass is 10.0. The number of anilines is 1. The highest BCUT2D eigenvalue weighted by atomic mass is 79.9. The van der Waals surface area contributed by atoms with Crippen molar-refractivity contribution in [1.82, 2.24) is 5.32 Å². The number of nitrogens with one attached hydrogen (secondary N) is 1. The van der Waals surface area contributed by atoms with E-state index in [1.807, 2.05) is 45.9 Å². The normalized spacial score (nSPS) is 14.9. The molecule has 3 aromatic rings. The summed E-state index contributed by atoms with van der Waals surface area (Å²) in [6.45, 7) is 8.13. The maximum absolute atomic E-state index is 13.4. The summed E-state index contributed by atoms with van der Waals surface area (Å²) in [6.07, 6.45) is 1.46. The van der Waals surface area contributed by atoms with Crippen LogP contribution in [0.3, 0.4) is 0 Å². The van der Waals surface area contributed by atoms with E-state index in [-0.39, 0.29) is 5.57 Å². The van der Waals surface area contributed by atoms with Gasteiger partial charge in [-0.2, -0.15) is 0 Å². The fourth-order valence-corrected chi connectivity index (χ4v) is 4.54. The Kier molecular flexibility index (Phi) is 6.89. The number of barbiturate groups is 1. The highest BCUT2D eigenvalue weighted by Gasteiger charge is 2.37. The van der Waals surface area contributed by atoms with Crippen LogP contribution < -0.4 is 15.0 Å². The number of urea groups is 1. The summed E-state index contributed by atoms with van der Waals surface area (Å²) < 4.78 is 6.83. The van der Waals surface area contributed by atoms with Gasteiger partial charge in [0.1, 0.15) is 17.9 Å². The molecule has 0 aliphatic carbocycles. The summed E-state index contributed by atoms with van der Waals surface area (Å²) in [7, 11) is 0. The number of carbonyl (C=O) groups excluding carboxylic acids is 3. The summed E-state index contributed by atoms with van der Waals surface area (Å²) in [5.41, 5.74) is 5.87. The molecule has 0 unspecified atom stereocenters. The predicted octanol–water partition coefficient (Wildman–Crippen LogP) is 5.93. The number of rotatable bonds is 5. The molecule has 0 aromatic heterocycles. The Bertz CT molecular complexity index is 1370. The van der Waals surface area contributed by atoms with E-state index in [1.165, 1.54) is 6.08 Å². The number of benzene rings is 3. The zero-order chi connectivity index (χ0) is 25.3. The van der Waals surface area contributed by atoms with Crippen molar-refractivity contribution in [3.63, 3.8) is 0 Å². The lowest BCUT2D eigenvalue weighted by molar-refractivity contribution is -0.122. The van der Waals surface area contributed by atoms with E-state index in [1.54, 1.807) is 18.2 Å². The van der Waals surface area contributed by atoms with Gasteiger partial charge in [-0.25, -0.2) is 9.69 Å². The molecule has 1 N–H and O–H groups in total. The van der Waals surface area contributed by atoms with Crippen molar-refractivity contribution in [3.05, 3.63) is 98.0 Å². The molecule has 0 saturated carbocycles. The fourth-order valence-electron chi connectivity index (χ4n) is 4.16. The number of carbonyl (C=O) groups is 3. The van der Waals surface area contributed by atoms with Crippen LogP contribution in [0.5, 0.6) is 5.75 Å². The molecular formula is C28H25BrN2O4. The minimum Gasteiger partial charge on any atom is -0.488 e. The molecule has 1 aliphatic heterocycles. The van der Waals surface area contributed by atoms with E-state index >= 15 is 0 Å². The van der Waals surface area contributed by atoms with Crippen LogP contribution in [-0.2, 0) is 16.2 Å². The van der Waals surface area contributed by atoms with Crippen molar-refractivity contribution in [2.45, 2.75) is 34.3 Å². The van der Waals surface area contributed by atoms with Crippen molar-refractivity contribution < 1.29 is 19.1 Å². The Morgan fingerprint density at radius 1 is 0.886 bits per heavy atom. The quantitative estimate of drug-likeness (QED) is 0.326. The topological polar surface area (TPSA) is 75.7 Å². The molecule has 1 heterocycles. The van der Waals surface area contributed by atoms with Crippen LogP contribution in [0.15, 0.2) is 64.6 Å². The molecule has 6 nitrogen and oxygen atoms in total. The first-order valence-corrected chi connectivity index (χ1v) is 11.9. The highest BCUT2D eigenvalue weighted by Crippen LogP contribution is 2.30. The second kappa shape index (κ2) is 9.88. The summed E-state index contributed by atoms with van der Waals surface area (Å²) in [5, 5.41) is 2.28. The fraction of sp³-hybridized carbons (Fsp3) is 0.179. The van der Waals surface area contributed by atoms with Gasteiger partial charge < -0.3 is 4.74 Å². The largest absolute Gasteiger partial charge is 0.488 e. The highest BCUT2D eigenvalue weighted by molar-refractivity contribution is 9.10. The predicted molar refractivity (Wildman–Crippen MR) is 139 cm³/mol. The van der Waals surface area contributed by atoms with Gasteiger partial charge in [0.2, 0.25) is 0 Å². The van der Waals surface area contributed by atoms with Crippen LogP contribution in [-0.4, -0.2) is 17.8 Å². The molecule has 35 heavy (non-hydrogen) atoms. The van der Waals surface area contributed by atoms with Gasteiger partial charge in [0, 0.05) is 10.0 Å². The van der Waals surface area contributed by atoms with Crippen LogP contribution in [0, 0.1) is 27.7 Å². The van der Waals surface area contributed by atoms with E-state index in [9.17, 15) is 14.4 Å². The third kappa shape index (κ3) is 5.35. The van der Waals surface area contributed by atoms with E-state index in [0.717, 1.165) is 37.2 Å². The molecule has 0 spiro atoms. The summed E-state index contributed by atoms with van der Waals surface area (Å²) in [6, 6.07) is 16.2. The number of amides is 4. The molecule has 0 radical (unpaired) electrons. The number of halogens is 1. The van der Waals surface area contributed by atoms with Gasteiger partial charge >= 0.3 is 6.03 Å². The van der Waals surface area contributed by atoms with Crippen molar-refractivity contribution in [2.75, 3.05) is 4.90 Å². The zero-order valence-corrected chi connectivity index (χ0v) is 21.5. The van der Waals surface area contributed by atoms with Gasteiger partial charge in [-0.15, -0.1) is 0 Å². The van der Waals surface area contributed by atoms with Crippen LogP contribution >= 0.6 is 15.9 Å². The van der Waals surface area contributed by atoms with Gasteiger partial charge in [0.05, 0.1) is 5.69 Å². The van der Waals surface area contributed by atoms with Gasteiger partial charge in [-0.1, -0.05) is 63.0 Å². The van der Waals surface area contributed by atoms with Crippen LogP contribution in [0.1, 0.15) is 33.4 Å². The van der Waals surface area contributed by atoms with Crippen LogP contribution in [0.2, 0.25) is 0 Å². The van der Waals surface area contributed by atoms with Crippen molar-refractivity contribution >= 4 is 45.5 Å². The Morgan fingerprint density at radius 3 is 2.29 bits per heavy atom. The van der Waals surface area contributed by atoms with Gasteiger partial charge in [-0.05, 0) is 69.2 Å². The molecule has 7 heteroatoms. The number of aryl methyl sites for hydroxylation is 4. The standard InChI is InChI=1S/C28H25BrN2O4/c1-16-5-7-24(19(4)10-16)31-27(33)23(26(32)30-28(31)34)14-21-13-22(29)6-8-25(21)35-15-20-11-17(2)9-18(3)12-20/h5-14H,15H2,1-4H3,(H,30,32,34)/b23-14+. The number of ether oxygens (including phenoxy) is 1. The Balaban J connectivity index is 1.69. The molecule has 1 saturated heterocycles. The average Bonchev–Trinajstić information content (AvgIpc) is 2.76. The summed E-state index contributed by atoms with van der Waals surface area (Å²) in [4.78, 5) is 39.6. The SMILES string of the molecule is Cc1cc(C)cc(COc2ccc(Br)cc2/C=C2\C(=O)NC(=O)N(c3ccc(C)cc3C)C2=O)c1. The van der Waals surface area contributed by atoms with E-state index in [4.69, 9.17) is 4.74 Å². The van der Waals surface area contributed by atoms with E-state index in [0.29, 0.717) is 23.6 Å². The number of imide groups is 2. The van der Waals surface area contributed by atoms with E-state index in [2.05, 4.69) is 39.4 Å². The summed E-state index contributed by atoms with van der Waals surface area (Å²) in [5.74, 6) is -0.928. The van der Waals surface area contributed by atoms with Crippen molar-refractivity contribution in [2.24, 2.45) is 0 Å². The Morgan fingerprint density at radius 2 is 1.60 bits per heavy atom. The number of hydrogen-bond donors (Lipinski definition) is 1. The Hall–Kier alpha value is -3.71. The number of hydrogen-bond acceptors (Lipinski definition) is 4. The zero-order valence-electron chi connectivity index (χ0n) is 19.9. The first kappa shape index (κ1) is 24.4. The third-order valence-corrected chi connectivity index (χ3v) is 6.14. The molecule has 178 valence electrons. The maximum atomic E-state index is 13.4. The first-order valence-electron chi connectivity index (χ1n) is 11.1. The molecule has 0 bridgehead atoms. The average molecular weight is 533 g/mol. The molecule has 0 atom stereocenters. The smallest absolute Gasteiger partial charge is 0.335 e. The minimum atomic E-state index is -0.773. The van der Waals surface area contributed by atoms with Gasteiger partial charge in [0.25, 0.3) is 11.8 Å². The number of nitrogens with zero attached hydrogens (tertiary/aromatic N) is 1.